The van der Waals surface area contributed by atoms with Crippen LogP contribution >= 0.6 is 0 Å². The summed E-state index contributed by atoms with van der Waals surface area (Å²) in [5.41, 5.74) is 2.29. The Labute approximate surface area is 186 Å². The normalized spacial score (nSPS) is 11.4. The third-order valence-electron chi connectivity index (χ3n) is 5.37. The van der Waals surface area contributed by atoms with Crippen LogP contribution in [0.15, 0.2) is 53.8 Å². The summed E-state index contributed by atoms with van der Waals surface area (Å²) in [6.07, 6.45) is 3.95. The maximum Gasteiger partial charge on any atom is 0.266 e. The van der Waals surface area contributed by atoms with Gasteiger partial charge < -0.3 is 10.3 Å². The van der Waals surface area contributed by atoms with Crippen molar-refractivity contribution < 1.29 is 8.78 Å². The molecule has 5 aromatic rings. The minimum absolute atomic E-state index is 0.104. The molecule has 0 aliphatic carbocycles. The van der Waals surface area contributed by atoms with Crippen molar-refractivity contribution in [3.8, 4) is 5.69 Å². The number of aromatic nitrogens is 6. The largest absolute Gasteiger partial charge is 0.368 e. The average molecular weight is 447 g/mol. The van der Waals surface area contributed by atoms with Crippen LogP contribution in [0.1, 0.15) is 17.8 Å². The van der Waals surface area contributed by atoms with Crippen LogP contribution in [-0.2, 0) is 6.42 Å². The van der Waals surface area contributed by atoms with E-state index in [4.69, 9.17) is 0 Å². The zero-order valence-electron chi connectivity index (χ0n) is 17.6. The topological polar surface area (TPSA) is 101 Å². The molecule has 0 saturated heterocycles. The SMILES string of the molecule is Cc1cccc2nc(CCCNc3ncnc4[nH]cnc34)n(-c3cc(F)cc(F)c3)c(=O)c12. The van der Waals surface area contributed by atoms with Crippen LogP contribution in [0.5, 0.6) is 0 Å². The second-order valence-electron chi connectivity index (χ2n) is 7.62. The lowest BCUT2D eigenvalue weighted by molar-refractivity contribution is 0.580. The molecule has 0 bridgehead atoms. The van der Waals surface area contributed by atoms with Crippen molar-refractivity contribution in [2.24, 2.45) is 0 Å². The van der Waals surface area contributed by atoms with Gasteiger partial charge in [0.25, 0.3) is 5.56 Å². The number of halogens is 2. The predicted molar refractivity (Wildman–Crippen MR) is 120 cm³/mol. The molecule has 8 nitrogen and oxygen atoms in total. The first kappa shape index (κ1) is 20.7. The highest BCUT2D eigenvalue weighted by atomic mass is 19.1. The van der Waals surface area contributed by atoms with Gasteiger partial charge in [-0.25, -0.2) is 28.7 Å². The Morgan fingerprint density at radius 3 is 2.73 bits per heavy atom. The van der Waals surface area contributed by atoms with Crippen molar-refractivity contribution in [1.29, 1.82) is 0 Å². The summed E-state index contributed by atoms with van der Waals surface area (Å²) in [4.78, 5) is 33.5. The first-order valence-corrected chi connectivity index (χ1v) is 10.4. The van der Waals surface area contributed by atoms with Crippen molar-refractivity contribution in [3.05, 3.63) is 82.4 Å². The number of nitrogens with one attached hydrogen (secondary N) is 2. The van der Waals surface area contributed by atoms with Gasteiger partial charge in [0.2, 0.25) is 0 Å². The zero-order chi connectivity index (χ0) is 22.9. The lowest BCUT2D eigenvalue weighted by Crippen LogP contribution is -2.25. The Bertz CT molecular complexity index is 1520. The van der Waals surface area contributed by atoms with E-state index in [0.29, 0.717) is 53.1 Å². The number of aryl methyl sites for hydroxylation is 2. The summed E-state index contributed by atoms with van der Waals surface area (Å²) < 4.78 is 29.2. The van der Waals surface area contributed by atoms with E-state index in [0.717, 1.165) is 23.8 Å². The van der Waals surface area contributed by atoms with E-state index < -0.39 is 11.6 Å². The number of hydrogen-bond acceptors (Lipinski definition) is 6. The minimum Gasteiger partial charge on any atom is -0.368 e. The van der Waals surface area contributed by atoms with E-state index in [-0.39, 0.29) is 11.2 Å². The highest BCUT2D eigenvalue weighted by Crippen LogP contribution is 2.19. The van der Waals surface area contributed by atoms with Gasteiger partial charge in [0.05, 0.1) is 22.9 Å². The molecular formula is C23H19F2N7O. The summed E-state index contributed by atoms with van der Waals surface area (Å²) in [5.74, 6) is -0.521. The number of rotatable bonds is 6. The summed E-state index contributed by atoms with van der Waals surface area (Å²) in [7, 11) is 0. The number of anilines is 1. The lowest BCUT2D eigenvalue weighted by Gasteiger charge is -2.15. The van der Waals surface area contributed by atoms with Crippen molar-refractivity contribution in [1.82, 2.24) is 29.5 Å². The molecule has 0 aliphatic heterocycles. The first-order valence-electron chi connectivity index (χ1n) is 10.4. The smallest absolute Gasteiger partial charge is 0.266 e. The highest BCUT2D eigenvalue weighted by molar-refractivity contribution is 5.82. The van der Waals surface area contributed by atoms with Crippen LogP contribution in [0.3, 0.4) is 0 Å². The number of aromatic amines is 1. The Morgan fingerprint density at radius 2 is 1.91 bits per heavy atom. The third-order valence-corrected chi connectivity index (χ3v) is 5.37. The maximum atomic E-state index is 14.0. The Balaban J connectivity index is 1.49. The molecule has 3 aromatic heterocycles. The molecule has 166 valence electrons. The molecule has 0 fully saturated rings. The zero-order valence-corrected chi connectivity index (χ0v) is 17.6. The number of hydrogen-bond donors (Lipinski definition) is 2. The van der Waals surface area contributed by atoms with Gasteiger partial charge in [0.1, 0.15) is 29.3 Å². The van der Waals surface area contributed by atoms with Gasteiger partial charge in [0.15, 0.2) is 11.5 Å². The Morgan fingerprint density at radius 1 is 1.09 bits per heavy atom. The average Bonchev–Trinajstić information content (AvgIpc) is 3.25. The van der Waals surface area contributed by atoms with Crippen LogP contribution in [-0.4, -0.2) is 36.0 Å². The molecule has 0 atom stereocenters. The van der Waals surface area contributed by atoms with Crippen molar-refractivity contribution in [3.63, 3.8) is 0 Å². The maximum absolute atomic E-state index is 14.0. The van der Waals surface area contributed by atoms with E-state index in [2.05, 4.69) is 30.2 Å². The standard InChI is InChI=1S/C23H19F2N7O/c1-13-4-2-5-17-19(13)23(33)32(16-9-14(24)8-15(25)10-16)18(31-17)6-3-7-26-21-20-22(28-11-27-20)30-12-29-21/h2,4-5,8-12H,3,6-7H2,1H3,(H2,26,27,28,29,30). The van der Waals surface area contributed by atoms with E-state index in [9.17, 15) is 13.6 Å². The van der Waals surface area contributed by atoms with Gasteiger partial charge in [-0.1, -0.05) is 12.1 Å². The Kier molecular flexibility index (Phi) is 5.25. The van der Waals surface area contributed by atoms with Crippen LogP contribution < -0.4 is 10.9 Å². The second kappa shape index (κ2) is 8.38. The molecule has 2 aromatic carbocycles. The third kappa shape index (κ3) is 3.91. The predicted octanol–water partition coefficient (Wildman–Crippen LogP) is 3.68. The van der Waals surface area contributed by atoms with E-state index in [1.165, 1.54) is 10.9 Å². The first-order chi connectivity index (χ1) is 16.0. The van der Waals surface area contributed by atoms with Crippen LogP contribution in [0, 0.1) is 18.6 Å². The molecule has 0 saturated carbocycles. The molecule has 0 radical (unpaired) electrons. The molecule has 10 heteroatoms. The molecule has 5 rings (SSSR count). The van der Waals surface area contributed by atoms with Crippen molar-refractivity contribution >= 4 is 27.9 Å². The van der Waals surface area contributed by atoms with Crippen LogP contribution in [0.25, 0.3) is 27.8 Å². The van der Waals surface area contributed by atoms with Crippen molar-refractivity contribution in [2.45, 2.75) is 19.8 Å². The van der Waals surface area contributed by atoms with E-state index >= 15 is 0 Å². The fourth-order valence-corrected chi connectivity index (χ4v) is 3.89. The second-order valence-corrected chi connectivity index (χ2v) is 7.62. The lowest BCUT2D eigenvalue weighted by atomic mass is 10.1. The summed E-state index contributed by atoms with van der Waals surface area (Å²) in [6, 6.07) is 8.43. The minimum atomic E-state index is -0.763. The fourth-order valence-electron chi connectivity index (χ4n) is 3.89. The van der Waals surface area contributed by atoms with Gasteiger partial charge in [-0.15, -0.1) is 0 Å². The van der Waals surface area contributed by atoms with E-state index in [1.54, 1.807) is 12.4 Å². The van der Waals surface area contributed by atoms with Crippen LogP contribution in [0.2, 0.25) is 0 Å². The van der Waals surface area contributed by atoms with Gasteiger partial charge in [-0.05, 0) is 37.1 Å². The summed E-state index contributed by atoms with van der Waals surface area (Å²) >= 11 is 0. The molecule has 0 amide bonds. The molecule has 3 heterocycles. The van der Waals surface area contributed by atoms with Gasteiger partial charge in [0, 0.05) is 19.0 Å². The molecular weight excluding hydrogens is 428 g/mol. The van der Waals surface area contributed by atoms with E-state index in [1.807, 2.05) is 19.1 Å². The highest BCUT2D eigenvalue weighted by Gasteiger charge is 2.16. The number of benzene rings is 2. The quantitative estimate of drug-likeness (QED) is 0.385. The van der Waals surface area contributed by atoms with Gasteiger partial charge >= 0.3 is 0 Å². The molecule has 0 spiro atoms. The van der Waals surface area contributed by atoms with Gasteiger partial charge in [-0.3, -0.25) is 9.36 Å². The molecule has 0 unspecified atom stereocenters. The molecule has 33 heavy (non-hydrogen) atoms. The number of H-pyrrole nitrogens is 1. The summed E-state index contributed by atoms with van der Waals surface area (Å²) in [6.45, 7) is 2.32. The van der Waals surface area contributed by atoms with Gasteiger partial charge in [-0.2, -0.15) is 0 Å². The summed E-state index contributed by atoms with van der Waals surface area (Å²) in [5, 5.41) is 3.64. The van der Waals surface area contributed by atoms with Crippen molar-refractivity contribution in [2.75, 3.05) is 11.9 Å². The fraction of sp³-hybridized carbons (Fsp3) is 0.174. The number of imidazole rings is 1. The number of nitrogens with zero attached hydrogens (tertiary/aromatic N) is 5. The molecule has 0 aliphatic rings. The monoisotopic (exact) mass is 447 g/mol. The number of fused-ring (bicyclic) bond motifs is 2. The molecule has 2 N–H and O–H groups in total. The van der Waals surface area contributed by atoms with Crippen LogP contribution in [0.4, 0.5) is 14.6 Å². The Hall–Kier alpha value is -4.21.